The van der Waals surface area contributed by atoms with E-state index < -0.39 is 0 Å². The predicted molar refractivity (Wildman–Crippen MR) is 65.9 cm³/mol. The minimum absolute atomic E-state index is 0.0809. The van der Waals surface area contributed by atoms with Crippen molar-refractivity contribution in [2.75, 3.05) is 26.0 Å². The maximum atomic E-state index is 11.7. The first kappa shape index (κ1) is 13.3. The number of nitrogens with two attached hydrogens (primary N) is 1. The number of nitrogen functional groups attached to an aromatic ring is 1. The lowest BCUT2D eigenvalue weighted by Gasteiger charge is -2.11. The highest BCUT2D eigenvalue weighted by Crippen LogP contribution is 2.20. The zero-order valence-corrected chi connectivity index (χ0v) is 10.1. The van der Waals surface area contributed by atoms with Crippen LogP contribution in [0.25, 0.3) is 0 Å². The Bertz CT molecular complexity index is 393. The van der Waals surface area contributed by atoms with Crippen LogP contribution in [0.15, 0.2) is 18.2 Å². The lowest BCUT2D eigenvalue weighted by Crippen LogP contribution is -2.29. The van der Waals surface area contributed by atoms with Crippen LogP contribution in [-0.2, 0) is 4.74 Å². The van der Waals surface area contributed by atoms with E-state index in [1.807, 2.05) is 6.92 Å². The maximum absolute atomic E-state index is 11.7. The first-order valence-corrected chi connectivity index (χ1v) is 5.40. The van der Waals surface area contributed by atoms with Crippen LogP contribution in [0.3, 0.4) is 0 Å². The fourth-order valence-electron chi connectivity index (χ4n) is 1.40. The maximum Gasteiger partial charge on any atom is 0.251 e. The average Bonchev–Trinajstić information content (AvgIpc) is 2.30. The van der Waals surface area contributed by atoms with Gasteiger partial charge in [-0.1, -0.05) is 6.92 Å². The van der Waals surface area contributed by atoms with Crippen molar-refractivity contribution >= 4 is 11.6 Å². The van der Waals surface area contributed by atoms with E-state index in [1.165, 1.54) is 12.1 Å². The van der Waals surface area contributed by atoms with Crippen LogP contribution < -0.4 is 11.1 Å². The molecule has 0 fully saturated rings. The summed E-state index contributed by atoms with van der Waals surface area (Å²) in [5, 5.41) is 12.1. The van der Waals surface area contributed by atoms with Crippen LogP contribution in [0, 0.1) is 5.92 Å². The summed E-state index contributed by atoms with van der Waals surface area (Å²) in [5.74, 6) is -0.0721. The van der Waals surface area contributed by atoms with Crippen LogP contribution in [0.1, 0.15) is 17.3 Å². The monoisotopic (exact) mass is 238 g/mol. The van der Waals surface area contributed by atoms with Crippen LogP contribution in [-0.4, -0.2) is 31.3 Å². The first-order valence-electron chi connectivity index (χ1n) is 5.40. The molecule has 0 spiro atoms. The van der Waals surface area contributed by atoms with E-state index in [9.17, 15) is 9.90 Å². The molecule has 1 unspecified atom stereocenters. The molecule has 0 aromatic heterocycles. The number of hydrogen-bond donors (Lipinski definition) is 3. The zero-order chi connectivity index (χ0) is 12.8. The minimum atomic E-state index is -0.233. The van der Waals surface area contributed by atoms with Gasteiger partial charge in [-0.15, -0.1) is 0 Å². The number of amides is 1. The van der Waals surface area contributed by atoms with Gasteiger partial charge in [0.1, 0.15) is 5.75 Å². The van der Waals surface area contributed by atoms with Crippen molar-refractivity contribution in [1.29, 1.82) is 0 Å². The third kappa shape index (κ3) is 3.96. The molecule has 0 heterocycles. The summed E-state index contributed by atoms with van der Waals surface area (Å²) in [6.07, 6.45) is 0. The second kappa shape index (κ2) is 6.10. The van der Waals surface area contributed by atoms with Gasteiger partial charge >= 0.3 is 0 Å². The number of phenols is 1. The molecular weight excluding hydrogens is 220 g/mol. The van der Waals surface area contributed by atoms with Gasteiger partial charge in [0.05, 0.1) is 12.3 Å². The molecule has 5 nitrogen and oxygen atoms in total. The highest BCUT2D eigenvalue weighted by atomic mass is 16.5. The molecular formula is C12H18N2O3. The molecule has 0 aliphatic carbocycles. The Hall–Kier alpha value is -1.75. The number of methoxy groups -OCH3 is 1. The number of phenolic OH excluding ortho intramolecular Hbond substituents is 1. The van der Waals surface area contributed by atoms with Crippen molar-refractivity contribution in [1.82, 2.24) is 5.32 Å². The van der Waals surface area contributed by atoms with Crippen molar-refractivity contribution in [2.24, 2.45) is 5.92 Å². The molecule has 4 N–H and O–H groups in total. The Kier molecular flexibility index (Phi) is 4.78. The van der Waals surface area contributed by atoms with E-state index in [4.69, 9.17) is 10.5 Å². The van der Waals surface area contributed by atoms with Crippen LogP contribution in [0.5, 0.6) is 5.75 Å². The minimum Gasteiger partial charge on any atom is -0.506 e. The SMILES string of the molecule is COCC(C)CNC(=O)c1ccc(N)c(O)c1. The van der Waals surface area contributed by atoms with Gasteiger partial charge in [-0.2, -0.15) is 0 Å². The molecule has 0 aliphatic rings. The number of rotatable bonds is 5. The number of aromatic hydroxyl groups is 1. The van der Waals surface area contributed by atoms with Crippen molar-refractivity contribution in [3.63, 3.8) is 0 Å². The largest absolute Gasteiger partial charge is 0.506 e. The van der Waals surface area contributed by atoms with E-state index in [0.29, 0.717) is 18.7 Å². The molecule has 94 valence electrons. The van der Waals surface area contributed by atoms with Gasteiger partial charge in [0.25, 0.3) is 5.91 Å². The van der Waals surface area contributed by atoms with Gasteiger partial charge in [-0.05, 0) is 24.1 Å². The van der Waals surface area contributed by atoms with Crippen LogP contribution >= 0.6 is 0 Å². The van der Waals surface area contributed by atoms with Gasteiger partial charge in [0.15, 0.2) is 0 Å². The van der Waals surface area contributed by atoms with Gasteiger partial charge in [0, 0.05) is 19.2 Å². The summed E-state index contributed by atoms with van der Waals surface area (Å²) in [6, 6.07) is 4.43. The van der Waals surface area contributed by atoms with Crippen molar-refractivity contribution < 1.29 is 14.6 Å². The second-order valence-electron chi connectivity index (χ2n) is 4.04. The summed E-state index contributed by atoms with van der Waals surface area (Å²) in [7, 11) is 1.62. The summed E-state index contributed by atoms with van der Waals surface area (Å²) >= 11 is 0. The zero-order valence-electron chi connectivity index (χ0n) is 10.1. The van der Waals surface area contributed by atoms with E-state index in [1.54, 1.807) is 13.2 Å². The predicted octanol–water partition coefficient (Wildman–Crippen LogP) is 0.987. The van der Waals surface area contributed by atoms with Gasteiger partial charge in [-0.25, -0.2) is 0 Å². The highest BCUT2D eigenvalue weighted by molar-refractivity contribution is 5.95. The molecule has 0 aliphatic heterocycles. The Morgan fingerprint density at radius 3 is 2.88 bits per heavy atom. The Balaban J connectivity index is 2.55. The molecule has 0 saturated heterocycles. The molecule has 1 aromatic rings. The van der Waals surface area contributed by atoms with Gasteiger partial charge in [0.2, 0.25) is 0 Å². The molecule has 5 heteroatoms. The number of nitrogens with one attached hydrogen (secondary N) is 1. The van der Waals surface area contributed by atoms with Gasteiger partial charge < -0.3 is 20.9 Å². The van der Waals surface area contributed by atoms with E-state index in [0.717, 1.165) is 0 Å². The first-order chi connectivity index (χ1) is 8.04. The Labute approximate surface area is 101 Å². The van der Waals surface area contributed by atoms with Crippen LogP contribution in [0.2, 0.25) is 0 Å². The quantitative estimate of drug-likeness (QED) is 0.527. The number of benzene rings is 1. The lowest BCUT2D eigenvalue weighted by molar-refractivity contribution is 0.0933. The second-order valence-corrected chi connectivity index (χ2v) is 4.04. The van der Waals surface area contributed by atoms with Crippen LogP contribution in [0.4, 0.5) is 5.69 Å². The number of anilines is 1. The van der Waals surface area contributed by atoms with Crippen molar-refractivity contribution in [3.05, 3.63) is 23.8 Å². The van der Waals surface area contributed by atoms with Gasteiger partial charge in [-0.3, -0.25) is 4.79 Å². The number of carbonyl (C=O) groups excluding carboxylic acids is 1. The average molecular weight is 238 g/mol. The molecule has 1 amide bonds. The topological polar surface area (TPSA) is 84.6 Å². The van der Waals surface area contributed by atoms with E-state index in [-0.39, 0.29) is 23.3 Å². The smallest absolute Gasteiger partial charge is 0.251 e. The number of carbonyl (C=O) groups is 1. The lowest BCUT2D eigenvalue weighted by atomic mass is 10.1. The highest BCUT2D eigenvalue weighted by Gasteiger charge is 2.09. The molecule has 0 saturated carbocycles. The fraction of sp³-hybridized carbons (Fsp3) is 0.417. The summed E-state index contributed by atoms with van der Waals surface area (Å²) in [5.41, 5.74) is 6.10. The molecule has 1 rings (SSSR count). The summed E-state index contributed by atoms with van der Waals surface area (Å²) in [4.78, 5) is 11.7. The molecule has 17 heavy (non-hydrogen) atoms. The van der Waals surface area contributed by atoms with Crippen molar-refractivity contribution in [3.8, 4) is 5.75 Å². The van der Waals surface area contributed by atoms with Crippen molar-refractivity contribution in [2.45, 2.75) is 6.92 Å². The third-order valence-corrected chi connectivity index (χ3v) is 2.35. The fourth-order valence-corrected chi connectivity index (χ4v) is 1.40. The molecule has 1 aromatic carbocycles. The molecule has 0 radical (unpaired) electrons. The summed E-state index contributed by atoms with van der Waals surface area (Å²) < 4.78 is 4.97. The standard InChI is InChI=1S/C12H18N2O3/c1-8(7-17-2)6-14-12(16)9-3-4-10(13)11(15)5-9/h3-5,8,15H,6-7,13H2,1-2H3,(H,14,16). The molecule has 1 atom stereocenters. The normalized spacial score (nSPS) is 12.1. The molecule has 0 bridgehead atoms. The Morgan fingerprint density at radius 1 is 1.59 bits per heavy atom. The number of hydrogen-bond acceptors (Lipinski definition) is 4. The Morgan fingerprint density at radius 2 is 2.29 bits per heavy atom. The van der Waals surface area contributed by atoms with E-state index in [2.05, 4.69) is 5.32 Å². The van der Waals surface area contributed by atoms with E-state index >= 15 is 0 Å². The number of ether oxygens (including phenoxy) is 1. The summed E-state index contributed by atoms with van der Waals surface area (Å²) in [6.45, 7) is 3.09. The third-order valence-electron chi connectivity index (χ3n) is 2.35.